The maximum Gasteiger partial charge on any atom is 0.0543 e. The van der Waals surface area contributed by atoms with Gasteiger partial charge < -0.3 is 4.90 Å². The molecule has 53 heavy (non-hydrogen) atoms. The van der Waals surface area contributed by atoms with E-state index in [1.54, 1.807) is 0 Å². The van der Waals surface area contributed by atoms with Gasteiger partial charge in [0.05, 0.1) is 5.69 Å². The first-order valence-corrected chi connectivity index (χ1v) is 20.3. The van der Waals surface area contributed by atoms with Crippen LogP contribution in [0.15, 0.2) is 97.1 Å². The molecular formula is C52H61N. The maximum atomic E-state index is 2.66. The Morgan fingerprint density at radius 1 is 0.434 bits per heavy atom. The molecule has 3 aliphatic carbocycles. The van der Waals surface area contributed by atoms with Crippen LogP contribution < -0.4 is 4.90 Å². The molecule has 0 spiro atoms. The number of rotatable bonds is 5. The van der Waals surface area contributed by atoms with Gasteiger partial charge in [0.25, 0.3) is 0 Å². The van der Waals surface area contributed by atoms with Crippen molar-refractivity contribution in [3.63, 3.8) is 0 Å². The third-order valence-electron chi connectivity index (χ3n) is 14.0. The number of hydrogen-bond donors (Lipinski definition) is 0. The molecule has 0 unspecified atom stereocenters. The molecule has 0 saturated heterocycles. The summed E-state index contributed by atoms with van der Waals surface area (Å²) in [7, 11) is 0. The summed E-state index contributed by atoms with van der Waals surface area (Å²) < 4.78 is 0. The van der Waals surface area contributed by atoms with Crippen molar-refractivity contribution in [3.8, 4) is 22.3 Å². The molecule has 3 aliphatic rings. The molecule has 0 heterocycles. The molecule has 0 saturated carbocycles. The van der Waals surface area contributed by atoms with Crippen LogP contribution in [0.5, 0.6) is 0 Å². The zero-order valence-electron chi connectivity index (χ0n) is 34.6. The summed E-state index contributed by atoms with van der Waals surface area (Å²) in [5, 5.41) is 0. The normalized spacial score (nSPS) is 19.6. The van der Waals surface area contributed by atoms with E-state index in [1.165, 1.54) is 104 Å². The summed E-state index contributed by atoms with van der Waals surface area (Å²) in [4.78, 5) is 2.66. The van der Waals surface area contributed by atoms with Gasteiger partial charge >= 0.3 is 0 Å². The molecule has 0 radical (unpaired) electrons. The van der Waals surface area contributed by atoms with Crippen molar-refractivity contribution in [2.24, 2.45) is 0 Å². The van der Waals surface area contributed by atoms with Crippen LogP contribution in [-0.2, 0) is 27.1 Å². The van der Waals surface area contributed by atoms with Gasteiger partial charge in [-0.1, -0.05) is 150 Å². The fourth-order valence-electron chi connectivity index (χ4n) is 10.4. The number of hydrogen-bond acceptors (Lipinski definition) is 1. The lowest BCUT2D eigenvalue weighted by Crippen LogP contribution is -2.34. The molecule has 0 aromatic heterocycles. The van der Waals surface area contributed by atoms with Gasteiger partial charge in [-0.15, -0.1) is 0 Å². The van der Waals surface area contributed by atoms with Crippen LogP contribution in [0.25, 0.3) is 22.3 Å². The van der Waals surface area contributed by atoms with Gasteiger partial charge in [-0.05, 0) is 139 Å². The van der Waals surface area contributed by atoms with Crippen LogP contribution >= 0.6 is 0 Å². The van der Waals surface area contributed by atoms with Gasteiger partial charge in [0, 0.05) is 22.4 Å². The van der Waals surface area contributed by atoms with Gasteiger partial charge in [-0.2, -0.15) is 0 Å². The number of anilines is 3. The quantitative estimate of drug-likeness (QED) is 0.176. The first kappa shape index (κ1) is 35.9. The summed E-state index contributed by atoms with van der Waals surface area (Å²) in [6, 6.07) is 38.0. The topological polar surface area (TPSA) is 3.24 Å². The van der Waals surface area contributed by atoms with Crippen LogP contribution in [0.1, 0.15) is 154 Å². The van der Waals surface area contributed by atoms with E-state index in [9.17, 15) is 0 Å². The van der Waals surface area contributed by atoms with E-state index in [1.807, 2.05) is 0 Å². The lowest BCUT2D eigenvalue weighted by molar-refractivity contribution is 0.331. The molecule has 274 valence electrons. The fourth-order valence-corrected chi connectivity index (χ4v) is 10.4. The molecular weight excluding hydrogens is 639 g/mol. The molecule has 0 amide bonds. The Kier molecular flexibility index (Phi) is 8.10. The monoisotopic (exact) mass is 699 g/mol. The van der Waals surface area contributed by atoms with Gasteiger partial charge in [0.1, 0.15) is 0 Å². The average Bonchev–Trinajstić information content (AvgIpc) is 3.34. The highest BCUT2D eigenvalue weighted by Crippen LogP contribution is 2.57. The minimum absolute atomic E-state index is 0.0526. The van der Waals surface area contributed by atoms with Crippen molar-refractivity contribution in [3.05, 3.63) is 136 Å². The molecule has 1 heteroatoms. The van der Waals surface area contributed by atoms with Crippen LogP contribution in [0.4, 0.5) is 17.1 Å². The molecule has 0 aliphatic heterocycles. The molecule has 5 aromatic carbocycles. The molecule has 0 N–H and O–H groups in total. The van der Waals surface area contributed by atoms with Crippen molar-refractivity contribution in [1.29, 1.82) is 0 Å². The molecule has 5 aromatic rings. The van der Waals surface area contributed by atoms with E-state index in [0.29, 0.717) is 5.92 Å². The van der Waals surface area contributed by atoms with Crippen LogP contribution in [-0.4, -0.2) is 0 Å². The van der Waals surface area contributed by atoms with Gasteiger partial charge in [0.15, 0.2) is 0 Å². The predicted molar refractivity (Wildman–Crippen MR) is 229 cm³/mol. The Hall–Kier alpha value is -4.10. The van der Waals surface area contributed by atoms with Crippen molar-refractivity contribution < 1.29 is 0 Å². The maximum absolute atomic E-state index is 2.66. The standard InChI is InChI=1S/C52H61N/c1-33(2)37-30-43-44(50(7,8)26-25-49(43,5)6)32-45(37)53(34-19-14-13-15-20-34)46-31-42-38(35-21-16-17-23-40(35)52(42,11)12)29-39(46)36-22-18-24-41-47(36)51(9,10)28-27-48(41,3)4/h13-24,29-33H,25-28H2,1-12H3. The van der Waals surface area contributed by atoms with Crippen molar-refractivity contribution >= 4 is 17.1 Å². The van der Waals surface area contributed by atoms with Crippen LogP contribution in [0.3, 0.4) is 0 Å². The van der Waals surface area contributed by atoms with E-state index in [-0.39, 0.29) is 27.1 Å². The van der Waals surface area contributed by atoms with E-state index >= 15 is 0 Å². The van der Waals surface area contributed by atoms with Crippen molar-refractivity contribution in [2.75, 3.05) is 4.90 Å². The van der Waals surface area contributed by atoms with E-state index in [4.69, 9.17) is 0 Å². The largest absolute Gasteiger partial charge is 0.310 e. The fraction of sp³-hybridized carbons (Fsp3) is 0.423. The zero-order chi connectivity index (χ0) is 37.9. The molecule has 0 bridgehead atoms. The number of para-hydroxylation sites is 1. The minimum Gasteiger partial charge on any atom is -0.310 e. The molecule has 0 fully saturated rings. The Balaban J connectivity index is 1.52. The Morgan fingerprint density at radius 3 is 1.62 bits per heavy atom. The SMILES string of the molecule is CC(C)c1cc2c(cc1N(c1ccccc1)c1cc3c(cc1-c1cccc4c1C(C)(C)CCC4(C)C)-c1ccccc1C3(C)C)C(C)(C)CCC2(C)C. The van der Waals surface area contributed by atoms with Crippen molar-refractivity contribution in [1.82, 2.24) is 0 Å². The van der Waals surface area contributed by atoms with Gasteiger partial charge in [-0.3, -0.25) is 0 Å². The predicted octanol–water partition coefficient (Wildman–Crippen LogP) is 15.0. The average molecular weight is 700 g/mol. The second-order valence-corrected chi connectivity index (χ2v) is 20.1. The summed E-state index contributed by atoms with van der Waals surface area (Å²) in [5.41, 5.74) is 19.8. The smallest absolute Gasteiger partial charge is 0.0543 e. The third-order valence-corrected chi connectivity index (χ3v) is 14.0. The summed E-state index contributed by atoms with van der Waals surface area (Å²) >= 11 is 0. The van der Waals surface area contributed by atoms with E-state index in [0.717, 1.165) is 0 Å². The second kappa shape index (κ2) is 11.9. The van der Waals surface area contributed by atoms with Crippen molar-refractivity contribution in [2.45, 2.75) is 142 Å². The first-order chi connectivity index (χ1) is 24.8. The molecule has 1 nitrogen and oxygen atoms in total. The zero-order valence-corrected chi connectivity index (χ0v) is 34.6. The number of nitrogens with zero attached hydrogens (tertiary/aromatic N) is 1. The minimum atomic E-state index is -0.123. The van der Waals surface area contributed by atoms with Crippen LogP contribution in [0.2, 0.25) is 0 Å². The van der Waals surface area contributed by atoms with E-state index < -0.39 is 0 Å². The highest BCUT2D eigenvalue weighted by molar-refractivity contribution is 5.96. The lowest BCUT2D eigenvalue weighted by atomic mass is 9.61. The molecule has 8 rings (SSSR count). The third kappa shape index (κ3) is 5.55. The molecule has 0 atom stereocenters. The highest BCUT2D eigenvalue weighted by Gasteiger charge is 2.43. The number of fused-ring (bicyclic) bond motifs is 5. The Morgan fingerprint density at radius 2 is 0.962 bits per heavy atom. The van der Waals surface area contributed by atoms with Gasteiger partial charge in [-0.25, -0.2) is 0 Å². The first-order valence-electron chi connectivity index (χ1n) is 20.3. The van der Waals surface area contributed by atoms with Gasteiger partial charge in [0.2, 0.25) is 0 Å². The highest BCUT2D eigenvalue weighted by atomic mass is 15.1. The lowest BCUT2D eigenvalue weighted by Gasteiger charge is -2.44. The summed E-state index contributed by atoms with van der Waals surface area (Å²) in [6.07, 6.45) is 4.78. The Labute approximate surface area is 320 Å². The number of benzene rings is 5. The van der Waals surface area contributed by atoms with Crippen LogP contribution in [0, 0.1) is 0 Å². The summed E-state index contributed by atoms with van der Waals surface area (Å²) in [6.45, 7) is 29.3. The van der Waals surface area contributed by atoms with E-state index in [2.05, 4.69) is 185 Å². The summed E-state index contributed by atoms with van der Waals surface area (Å²) in [5.74, 6) is 0.352. The Bertz CT molecular complexity index is 2240. The second-order valence-electron chi connectivity index (χ2n) is 20.1.